The Labute approximate surface area is 57.8 Å². The molecule has 0 amide bonds. The van der Waals surface area contributed by atoms with Crippen molar-refractivity contribution in [2.45, 2.75) is 39.2 Å². The monoisotopic (exact) mass is 127 g/mol. The molecule has 2 saturated heterocycles. The highest BCUT2D eigenvalue weighted by Gasteiger charge is 2.45. The summed E-state index contributed by atoms with van der Waals surface area (Å²) in [7, 11) is 0. The number of nitrogens with one attached hydrogen (secondary N) is 1. The summed E-state index contributed by atoms with van der Waals surface area (Å²) in [6.45, 7) is 7.60. The Bertz CT molecular complexity index is 87.2. The molecule has 1 heteroatoms. The maximum absolute atomic E-state index is 3.47. The summed E-state index contributed by atoms with van der Waals surface area (Å²) in [5.74, 6) is 1.05. The molecule has 2 bridgehead atoms. The average Bonchev–Trinajstić information content (AvgIpc) is 2.28. The molecule has 2 aliphatic heterocycles. The van der Waals surface area contributed by atoms with Gasteiger partial charge in [-0.05, 0) is 32.2 Å². The van der Waals surface area contributed by atoms with E-state index >= 15 is 0 Å². The fourth-order valence-electron chi connectivity index (χ4n) is 1.89. The van der Waals surface area contributed by atoms with E-state index in [0.29, 0.717) is 5.54 Å². The SMILES string of the molecule is CC.CC12CC(CN1)C2. The van der Waals surface area contributed by atoms with E-state index in [1.807, 2.05) is 13.8 Å². The minimum atomic E-state index is 0.588. The van der Waals surface area contributed by atoms with E-state index in [4.69, 9.17) is 0 Å². The Morgan fingerprint density at radius 2 is 1.89 bits per heavy atom. The van der Waals surface area contributed by atoms with Crippen molar-refractivity contribution >= 4 is 0 Å². The van der Waals surface area contributed by atoms with Crippen LogP contribution in [0, 0.1) is 5.92 Å². The molecule has 1 aliphatic carbocycles. The molecular weight excluding hydrogens is 110 g/mol. The zero-order chi connectivity index (χ0) is 6.91. The first-order valence-corrected chi connectivity index (χ1v) is 4.04. The van der Waals surface area contributed by atoms with Gasteiger partial charge < -0.3 is 5.32 Å². The fourth-order valence-corrected chi connectivity index (χ4v) is 1.89. The van der Waals surface area contributed by atoms with Crippen molar-refractivity contribution in [3.8, 4) is 0 Å². The van der Waals surface area contributed by atoms with Gasteiger partial charge in [0, 0.05) is 5.54 Å². The molecule has 1 nitrogen and oxygen atoms in total. The van der Waals surface area contributed by atoms with E-state index in [1.54, 1.807) is 0 Å². The molecule has 3 rings (SSSR count). The lowest BCUT2D eigenvalue weighted by atomic mass is 9.75. The van der Waals surface area contributed by atoms with Crippen LogP contribution in [-0.2, 0) is 0 Å². The van der Waals surface area contributed by atoms with Gasteiger partial charge in [0.2, 0.25) is 0 Å². The molecule has 3 fully saturated rings. The molecule has 0 atom stereocenters. The third-order valence-electron chi connectivity index (χ3n) is 2.30. The molecule has 0 aromatic heterocycles. The van der Waals surface area contributed by atoms with E-state index in [0.717, 1.165) is 5.92 Å². The molecule has 3 aliphatic rings. The average molecular weight is 127 g/mol. The van der Waals surface area contributed by atoms with Gasteiger partial charge in [-0.3, -0.25) is 0 Å². The Hall–Kier alpha value is -0.0400. The Kier molecular flexibility index (Phi) is 1.80. The summed E-state index contributed by atoms with van der Waals surface area (Å²) < 4.78 is 0. The highest BCUT2D eigenvalue weighted by atomic mass is 15.1. The number of hydrogen-bond acceptors (Lipinski definition) is 1. The van der Waals surface area contributed by atoms with Gasteiger partial charge in [0.25, 0.3) is 0 Å². The minimum Gasteiger partial charge on any atom is -0.311 e. The zero-order valence-corrected chi connectivity index (χ0v) is 6.70. The van der Waals surface area contributed by atoms with Crippen LogP contribution in [-0.4, -0.2) is 12.1 Å². The number of hydrogen-bond donors (Lipinski definition) is 1. The maximum atomic E-state index is 3.47. The van der Waals surface area contributed by atoms with E-state index < -0.39 is 0 Å². The first-order valence-electron chi connectivity index (χ1n) is 4.04. The fraction of sp³-hybridized carbons (Fsp3) is 1.00. The summed E-state index contributed by atoms with van der Waals surface area (Å²) >= 11 is 0. The second kappa shape index (κ2) is 2.30. The summed E-state index contributed by atoms with van der Waals surface area (Å²) in [6.07, 6.45) is 2.88. The van der Waals surface area contributed by atoms with Gasteiger partial charge in [0.05, 0.1) is 0 Å². The molecule has 9 heavy (non-hydrogen) atoms. The molecule has 0 unspecified atom stereocenters. The van der Waals surface area contributed by atoms with Crippen LogP contribution in [0.15, 0.2) is 0 Å². The molecule has 54 valence electrons. The summed E-state index contributed by atoms with van der Waals surface area (Å²) in [5, 5.41) is 3.47. The Morgan fingerprint density at radius 1 is 1.33 bits per heavy atom. The van der Waals surface area contributed by atoms with Gasteiger partial charge in [0.1, 0.15) is 0 Å². The van der Waals surface area contributed by atoms with Crippen LogP contribution >= 0.6 is 0 Å². The van der Waals surface area contributed by atoms with Gasteiger partial charge in [-0.25, -0.2) is 0 Å². The molecule has 0 aromatic carbocycles. The van der Waals surface area contributed by atoms with Gasteiger partial charge in [0.15, 0.2) is 0 Å². The van der Waals surface area contributed by atoms with Gasteiger partial charge >= 0.3 is 0 Å². The van der Waals surface area contributed by atoms with Crippen molar-refractivity contribution in [1.29, 1.82) is 0 Å². The van der Waals surface area contributed by atoms with Crippen molar-refractivity contribution < 1.29 is 0 Å². The summed E-state index contributed by atoms with van der Waals surface area (Å²) in [4.78, 5) is 0. The number of fused-ring (bicyclic) bond motifs is 1. The standard InChI is InChI=1S/C6H11N.C2H6/c1-6-2-5(3-6)4-7-6;1-2/h5,7H,2-4H2,1H3;1-2H3. The smallest absolute Gasteiger partial charge is 0.0159 e. The highest BCUT2D eigenvalue weighted by molar-refractivity contribution is 5.04. The second-order valence-electron chi connectivity index (χ2n) is 3.22. The van der Waals surface area contributed by atoms with Crippen molar-refractivity contribution in [3.63, 3.8) is 0 Å². The van der Waals surface area contributed by atoms with Crippen molar-refractivity contribution in [1.82, 2.24) is 5.32 Å². The topological polar surface area (TPSA) is 12.0 Å². The van der Waals surface area contributed by atoms with Crippen LogP contribution in [0.4, 0.5) is 0 Å². The first kappa shape index (κ1) is 7.07. The van der Waals surface area contributed by atoms with Crippen LogP contribution in [0.5, 0.6) is 0 Å². The minimum absolute atomic E-state index is 0.588. The normalized spacial score (nSPS) is 45.0. The van der Waals surface area contributed by atoms with Gasteiger partial charge in [-0.15, -0.1) is 0 Å². The quantitative estimate of drug-likeness (QED) is 0.523. The van der Waals surface area contributed by atoms with E-state index in [1.165, 1.54) is 19.4 Å². The first-order chi connectivity index (χ1) is 4.29. The Morgan fingerprint density at radius 3 is 2.00 bits per heavy atom. The molecule has 0 radical (unpaired) electrons. The molecule has 0 aromatic rings. The molecule has 2 heterocycles. The van der Waals surface area contributed by atoms with Gasteiger partial charge in [-0.1, -0.05) is 13.8 Å². The number of rotatable bonds is 0. The second-order valence-corrected chi connectivity index (χ2v) is 3.22. The third kappa shape index (κ3) is 1.11. The van der Waals surface area contributed by atoms with Crippen LogP contribution < -0.4 is 5.32 Å². The van der Waals surface area contributed by atoms with Gasteiger partial charge in [-0.2, -0.15) is 0 Å². The molecule has 1 N–H and O–H groups in total. The predicted octanol–water partition coefficient (Wildman–Crippen LogP) is 1.78. The lowest BCUT2D eigenvalue weighted by molar-refractivity contribution is 0.251. The van der Waals surface area contributed by atoms with Crippen molar-refractivity contribution in [3.05, 3.63) is 0 Å². The molecule has 1 saturated carbocycles. The molecular formula is C8H17N. The predicted molar refractivity (Wildman–Crippen MR) is 40.5 cm³/mol. The lowest BCUT2D eigenvalue weighted by Crippen LogP contribution is -2.39. The van der Waals surface area contributed by atoms with Crippen LogP contribution in [0.25, 0.3) is 0 Å². The van der Waals surface area contributed by atoms with Crippen LogP contribution in [0.1, 0.15) is 33.6 Å². The largest absolute Gasteiger partial charge is 0.311 e. The third-order valence-corrected chi connectivity index (χ3v) is 2.30. The highest BCUT2D eigenvalue weighted by Crippen LogP contribution is 2.42. The summed E-state index contributed by atoms with van der Waals surface area (Å²) in [5.41, 5.74) is 0.588. The molecule has 0 spiro atoms. The van der Waals surface area contributed by atoms with Crippen molar-refractivity contribution in [2.75, 3.05) is 6.54 Å². The maximum Gasteiger partial charge on any atom is 0.0159 e. The summed E-state index contributed by atoms with van der Waals surface area (Å²) in [6, 6.07) is 0. The van der Waals surface area contributed by atoms with Crippen LogP contribution in [0.2, 0.25) is 0 Å². The van der Waals surface area contributed by atoms with E-state index in [-0.39, 0.29) is 0 Å². The Balaban J connectivity index is 0.000000186. The van der Waals surface area contributed by atoms with Crippen LogP contribution in [0.3, 0.4) is 0 Å². The lowest BCUT2D eigenvalue weighted by Gasteiger charge is -2.33. The zero-order valence-electron chi connectivity index (χ0n) is 6.70. The van der Waals surface area contributed by atoms with E-state index in [9.17, 15) is 0 Å². The van der Waals surface area contributed by atoms with Crippen molar-refractivity contribution in [2.24, 2.45) is 5.92 Å². The van der Waals surface area contributed by atoms with E-state index in [2.05, 4.69) is 12.2 Å².